The molecule has 26 heavy (non-hydrogen) atoms. The Balaban J connectivity index is 1.26. The molecule has 134 valence electrons. The SMILES string of the molecule is Cc1nccc(CN(C)C2CN(c3ccc4nnc(C5CC5)n4n3)C2)n1. The molecule has 2 fully saturated rings. The van der Waals surface area contributed by atoms with E-state index >= 15 is 0 Å². The minimum Gasteiger partial charge on any atom is -0.352 e. The standard InChI is InChI=1S/C18H22N8/c1-12-19-8-7-14(20-12)9-24(2)15-10-25(11-15)17-6-5-16-21-22-18(13-3-4-13)26(16)23-17/h5-8,13,15H,3-4,9-11H2,1-2H3. The molecule has 0 aromatic carbocycles. The summed E-state index contributed by atoms with van der Waals surface area (Å²) in [6, 6.07) is 6.56. The largest absolute Gasteiger partial charge is 0.352 e. The lowest BCUT2D eigenvalue weighted by Crippen LogP contribution is -2.58. The molecule has 0 radical (unpaired) electrons. The second-order valence-corrected chi connectivity index (χ2v) is 7.36. The maximum absolute atomic E-state index is 4.79. The summed E-state index contributed by atoms with van der Waals surface area (Å²) in [5.41, 5.74) is 1.90. The van der Waals surface area contributed by atoms with Crippen LogP contribution in [0, 0.1) is 6.92 Å². The van der Waals surface area contributed by atoms with Crippen LogP contribution in [0.3, 0.4) is 0 Å². The summed E-state index contributed by atoms with van der Waals surface area (Å²) in [5.74, 6) is 3.38. The first kappa shape index (κ1) is 15.6. The average molecular weight is 350 g/mol. The number of hydrogen-bond donors (Lipinski definition) is 0. The Bertz CT molecular complexity index is 941. The summed E-state index contributed by atoms with van der Waals surface area (Å²) in [6.07, 6.45) is 4.23. The Morgan fingerprint density at radius 3 is 2.77 bits per heavy atom. The first-order valence-corrected chi connectivity index (χ1v) is 9.13. The van der Waals surface area contributed by atoms with Gasteiger partial charge in [0.1, 0.15) is 11.6 Å². The Labute approximate surface area is 151 Å². The summed E-state index contributed by atoms with van der Waals surface area (Å²) < 4.78 is 1.92. The number of fused-ring (bicyclic) bond motifs is 1. The van der Waals surface area contributed by atoms with Crippen molar-refractivity contribution in [3.63, 3.8) is 0 Å². The Morgan fingerprint density at radius 1 is 1.15 bits per heavy atom. The minimum absolute atomic E-state index is 0.506. The van der Waals surface area contributed by atoms with Crippen molar-refractivity contribution < 1.29 is 0 Å². The van der Waals surface area contributed by atoms with Gasteiger partial charge < -0.3 is 4.90 Å². The minimum atomic E-state index is 0.506. The van der Waals surface area contributed by atoms with Crippen LogP contribution in [0.25, 0.3) is 5.65 Å². The van der Waals surface area contributed by atoms with Crippen LogP contribution < -0.4 is 4.90 Å². The fourth-order valence-electron chi connectivity index (χ4n) is 3.46. The van der Waals surface area contributed by atoms with Crippen molar-refractivity contribution in [1.82, 2.24) is 34.7 Å². The maximum Gasteiger partial charge on any atom is 0.178 e. The highest BCUT2D eigenvalue weighted by atomic mass is 15.4. The van der Waals surface area contributed by atoms with E-state index in [1.165, 1.54) is 12.8 Å². The highest BCUT2D eigenvalue weighted by Crippen LogP contribution is 2.38. The highest BCUT2D eigenvalue weighted by molar-refractivity contribution is 5.48. The van der Waals surface area contributed by atoms with Gasteiger partial charge in [-0.1, -0.05) is 0 Å². The number of anilines is 1. The first-order chi connectivity index (χ1) is 12.7. The molecule has 1 aliphatic carbocycles. The quantitative estimate of drug-likeness (QED) is 0.689. The molecule has 0 amide bonds. The van der Waals surface area contributed by atoms with Crippen LogP contribution in [-0.4, -0.2) is 60.9 Å². The average Bonchev–Trinajstić information content (AvgIpc) is 3.33. The molecule has 0 bridgehead atoms. The van der Waals surface area contributed by atoms with Gasteiger partial charge in [0, 0.05) is 37.8 Å². The molecule has 1 saturated heterocycles. The molecule has 0 N–H and O–H groups in total. The number of aryl methyl sites for hydroxylation is 1. The van der Waals surface area contributed by atoms with Gasteiger partial charge in [-0.25, -0.2) is 9.97 Å². The normalized spacial score (nSPS) is 17.9. The lowest BCUT2D eigenvalue weighted by atomic mass is 10.1. The molecule has 4 heterocycles. The van der Waals surface area contributed by atoms with E-state index in [9.17, 15) is 0 Å². The lowest BCUT2D eigenvalue weighted by Gasteiger charge is -2.44. The van der Waals surface area contributed by atoms with Gasteiger partial charge in [0.15, 0.2) is 11.5 Å². The van der Waals surface area contributed by atoms with Gasteiger partial charge in [-0.3, -0.25) is 4.90 Å². The zero-order valence-electron chi connectivity index (χ0n) is 15.1. The molecule has 0 atom stereocenters. The van der Waals surface area contributed by atoms with Crippen LogP contribution >= 0.6 is 0 Å². The Kier molecular flexibility index (Phi) is 3.59. The molecular weight excluding hydrogens is 328 g/mol. The van der Waals surface area contributed by atoms with Crippen molar-refractivity contribution in [1.29, 1.82) is 0 Å². The summed E-state index contributed by atoms with van der Waals surface area (Å²) in [6.45, 7) is 4.71. The van der Waals surface area contributed by atoms with Gasteiger partial charge in [0.05, 0.1) is 5.69 Å². The van der Waals surface area contributed by atoms with Crippen molar-refractivity contribution in [2.75, 3.05) is 25.0 Å². The first-order valence-electron chi connectivity index (χ1n) is 9.13. The van der Waals surface area contributed by atoms with E-state index in [0.29, 0.717) is 12.0 Å². The van der Waals surface area contributed by atoms with Crippen molar-refractivity contribution in [2.24, 2.45) is 0 Å². The fraction of sp³-hybridized carbons (Fsp3) is 0.500. The van der Waals surface area contributed by atoms with Gasteiger partial charge in [0.2, 0.25) is 0 Å². The van der Waals surface area contributed by atoms with E-state index in [1.54, 1.807) is 0 Å². The van der Waals surface area contributed by atoms with Gasteiger partial charge in [-0.2, -0.15) is 4.52 Å². The maximum atomic E-state index is 4.79. The van der Waals surface area contributed by atoms with E-state index in [2.05, 4.69) is 37.0 Å². The molecule has 0 spiro atoms. The van der Waals surface area contributed by atoms with E-state index in [1.807, 2.05) is 35.8 Å². The topological polar surface area (TPSA) is 75.3 Å². The number of nitrogens with zero attached hydrogens (tertiary/aromatic N) is 8. The summed E-state index contributed by atoms with van der Waals surface area (Å²) >= 11 is 0. The Hall–Kier alpha value is -2.61. The van der Waals surface area contributed by atoms with Crippen LogP contribution in [0.2, 0.25) is 0 Å². The number of hydrogen-bond acceptors (Lipinski definition) is 7. The molecule has 5 rings (SSSR count). The van der Waals surface area contributed by atoms with E-state index in [0.717, 1.165) is 48.4 Å². The predicted molar refractivity (Wildman–Crippen MR) is 97.0 cm³/mol. The third-order valence-electron chi connectivity index (χ3n) is 5.27. The number of likely N-dealkylation sites (N-methyl/N-ethyl adjacent to an activating group) is 1. The molecule has 2 aliphatic rings. The van der Waals surface area contributed by atoms with Crippen molar-refractivity contribution in [3.8, 4) is 0 Å². The van der Waals surface area contributed by atoms with E-state index < -0.39 is 0 Å². The molecule has 3 aromatic rings. The summed E-state index contributed by atoms with van der Waals surface area (Å²) in [5, 5.41) is 13.3. The third-order valence-corrected chi connectivity index (χ3v) is 5.27. The molecule has 8 nitrogen and oxygen atoms in total. The monoisotopic (exact) mass is 350 g/mol. The van der Waals surface area contributed by atoms with Crippen molar-refractivity contribution in [2.45, 2.75) is 38.3 Å². The van der Waals surface area contributed by atoms with Crippen LogP contribution in [0.15, 0.2) is 24.4 Å². The summed E-state index contributed by atoms with van der Waals surface area (Å²) in [4.78, 5) is 13.3. The summed E-state index contributed by atoms with van der Waals surface area (Å²) in [7, 11) is 2.15. The zero-order chi connectivity index (χ0) is 17.7. The molecule has 3 aromatic heterocycles. The molecular formula is C18H22N8. The smallest absolute Gasteiger partial charge is 0.178 e. The van der Waals surface area contributed by atoms with E-state index in [4.69, 9.17) is 5.10 Å². The molecule has 1 saturated carbocycles. The van der Waals surface area contributed by atoms with Crippen LogP contribution in [-0.2, 0) is 6.54 Å². The highest BCUT2D eigenvalue weighted by Gasteiger charge is 2.33. The zero-order valence-corrected chi connectivity index (χ0v) is 15.1. The predicted octanol–water partition coefficient (Wildman–Crippen LogP) is 1.42. The van der Waals surface area contributed by atoms with Gasteiger partial charge >= 0.3 is 0 Å². The van der Waals surface area contributed by atoms with Crippen LogP contribution in [0.4, 0.5) is 5.82 Å². The van der Waals surface area contributed by atoms with Crippen LogP contribution in [0.5, 0.6) is 0 Å². The number of aromatic nitrogens is 6. The lowest BCUT2D eigenvalue weighted by molar-refractivity contribution is 0.194. The Morgan fingerprint density at radius 2 is 2.00 bits per heavy atom. The van der Waals surface area contributed by atoms with Gasteiger partial charge in [-0.05, 0) is 45.0 Å². The molecule has 8 heteroatoms. The van der Waals surface area contributed by atoms with Crippen molar-refractivity contribution in [3.05, 3.63) is 41.7 Å². The molecule has 1 aliphatic heterocycles. The van der Waals surface area contributed by atoms with Crippen molar-refractivity contribution >= 4 is 11.5 Å². The second kappa shape index (κ2) is 5.98. The number of rotatable bonds is 5. The van der Waals surface area contributed by atoms with Gasteiger partial charge in [0.25, 0.3) is 0 Å². The second-order valence-electron chi connectivity index (χ2n) is 7.36. The molecule has 0 unspecified atom stereocenters. The van der Waals surface area contributed by atoms with Crippen LogP contribution in [0.1, 0.15) is 36.1 Å². The van der Waals surface area contributed by atoms with Gasteiger partial charge in [-0.15, -0.1) is 15.3 Å². The fourth-order valence-corrected chi connectivity index (χ4v) is 3.46. The van der Waals surface area contributed by atoms with E-state index in [-0.39, 0.29) is 0 Å². The third kappa shape index (κ3) is 2.80.